The molecule has 4 rings (SSSR count). The van der Waals surface area contributed by atoms with Crippen LogP contribution in [0.5, 0.6) is 0 Å². The Hall–Kier alpha value is -2.18. The molecule has 1 saturated carbocycles. The van der Waals surface area contributed by atoms with Gasteiger partial charge in [-0.2, -0.15) is 0 Å². The molecule has 1 N–H and O–H groups in total. The second-order valence-corrected chi connectivity index (χ2v) is 11.5. The van der Waals surface area contributed by atoms with E-state index in [9.17, 15) is 9.59 Å². The summed E-state index contributed by atoms with van der Waals surface area (Å²) in [4.78, 5) is 30.1. The van der Waals surface area contributed by atoms with Gasteiger partial charge in [0.1, 0.15) is 6.04 Å². The van der Waals surface area contributed by atoms with E-state index in [0.717, 1.165) is 41.7 Å². The van der Waals surface area contributed by atoms with Crippen LogP contribution in [0.2, 0.25) is 15.1 Å². The lowest BCUT2D eigenvalue weighted by Crippen LogP contribution is -2.52. The number of benzene rings is 3. The van der Waals surface area contributed by atoms with Crippen LogP contribution in [0.3, 0.4) is 0 Å². The minimum Gasteiger partial charge on any atom is -0.352 e. The first-order chi connectivity index (χ1) is 17.9. The van der Waals surface area contributed by atoms with Crippen LogP contribution in [-0.2, 0) is 22.6 Å². The van der Waals surface area contributed by atoms with E-state index in [-0.39, 0.29) is 30.2 Å². The molecule has 3 aromatic carbocycles. The first-order valence-corrected chi connectivity index (χ1v) is 14.5. The van der Waals surface area contributed by atoms with Gasteiger partial charge in [0, 0.05) is 28.9 Å². The van der Waals surface area contributed by atoms with Crippen LogP contribution in [0.4, 0.5) is 0 Å². The van der Waals surface area contributed by atoms with Crippen molar-refractivity contribution in [2.24, 2.45) is 0 Å². The molecule has 1 aliphatic rings. The largest absolute Gasteiger partial charge is 0.352 e. The van der Waals surface area contributed by atoms with E-state index in [1.165, 1.54) is 11.8 Å². The maximum atomic E-state index is 13.8. The van der Waals surface area contributed by atoms with Crippen LogP contribution in [0.15, 0.2) is 77.7 Å². The van der Waals surface area contributed by atoms with Crippen LogP contribution in [0, 0.1) is 0 Å². The number of thioether (sulfide) groups is 1. The van der Waals surface area contributed by atoms with E-state index in [0.29, 0.717) is 21.5 Å². The van der Waals surface area contributed by atoms with Crippen LogP contribution >= 0.6 is 46.6 Å². The fraction of sp³-hybridized carbons (Fsp3) is 0.310. The van der Waals surface area contributed by atoms with E-state index in [2.05, 4.69) is 5.32 Å². The van der Waals surface area contributed by atoms with Gasteiger partial charge in [0.15, 0.2) is 0 Å². The van der Waals surface area contributed by atoms with Crippen molar-refractivity contribution in [1.29, 1.82) is 0 Å². The number of rotatable bonds is 10. The number of carbonyl (C=O) groups excluding carboxylic acids is 2. The van der Waals surface area contributed by atoms with Gasteiger partial charge in [-0.25, -0.2) is 0 Å². The molecule has 1 atom stereocenters. The van der Waals surface area contributed by atoms with Crippen molar-refractivity contribution in [2.45, 2.75) is 55.6 Å². The van der Waals surface area contributed by atoms with E-state index >= 15 is 0 Å². The maximum absolute atomic E-state index is 13.8. The SMILES string of the molecule is O=C(NC1CCCC1)[C@@H](Cc1ccccc1)N(Cc1ccc(Cl)c(Cl)c1)C(=O)CSc1ccc(Cl)cc1. The Bertz CT molecular complexity index is 1200. The standard InChI is InChI=1S/C29H29Cl3N2O2S/c30-22-11-13-24(14-12-22)37-19-28(35)34(18-21-10-15-25(31)26(32)16-21)27(17-20-6-2-1-3-7-20)29(36)33-23-8-4-5-9-23/h1-3,6-7,10-16,23,27H,4-5,8-9,17-19H2,(H,33,36)/t27-/m1/s1. The molecular formula is C29H29Cl3N2O2S. The Morgan fingerprint density at radius 1 is 0.892 bits per heavy atom. The third-order valence-corrected chi connectivity index (χ3v) is 8.47. The third kappa shape index (κ3) is 8.15. The molecule has 1 aliphatic carbocycles. The second kappa shape index (κ2) is 13.6. The van der Waals surface area contributed by atoms with Gasteiger partial charge in [0.25, 0.3) is 0 Å². The predicted molar refractivity (Wildman–Crippen MR) is 154 cm³/mol. The molecule has 0 bridgehead atoms. The molecule has 0 unspecified atom stereocenters. The number of amides is 2. The highest BCUT2D eigenvalue weighted by atomic mass is 35.5. The van der Waals surface area contributed by atoms with Gasteiger partial charge >= 0.3 is 0 Å². The number of carbonyl (C=O) groups is 2. The molecule has 0 saturated heterocycles. The summed E-state index contributed by atoms with van der Waals surface area (Å²) in [6.07, 6.45) is 4.57. The molecule has 2 amide bonds. The lowest BCUT2D eigenvalue weighted by molar-refractivity contribution is -0.139. The minimum atomic E-state index is -0.671. The van der Waals surface area contributed by atoms with E-state index in [1.807, 2.05) is 48.5 Å². The minimum absolute atomic E-state index is 0.124. The first-order valence-electron chi connectivity index (χ1n) is 12.3. The molecule has 0 heterocycles. The molecule has 0 aromatic heterocycles. The summed E-state index contributed by atoms with van der Waals surface area (Å²) in [5.74, 6) is -0.0699. The monoisotopic (exact) mass is 574 g/mol. The van der Waals surface area contributed by atoms with Crippen molar-refractivity contribution >= 4 is 58.4 Å². The summed E-state index contributed by atoms with van der Waals surface area (Å²) < 4.78 is 0. The lowest BCUT2D eigenvalue weighted by Gasteiger charge is -2.32. The van der Waals surface area contributed by atoms with Crippen LogP contribution in [-0.4, -0.2) is 34.6 Å². The van der Waals surface area contributed by atoms with Gasteiger partial charge in [-0.3, -0.25) is 9.59 Å². The van der Waals surface area contributed by atoms with Crippen LogP contribution < -0.4 is 5.32 Å². The summed E-state index contributed by atoms with van der Waals surface area (Å²) in [5, 5.41) is 4.72. The Morgan fingerprint density at radius 2 is 1.59 bits per heavy atom. The fourth-order valence-corrected chi connectivity index (χ4v) is 5.75. The molecule has 0 aliphatic heterocycles. The summed E-state index contributed by atoms with van der Waals surface area (Å²) in [6, 6.07) is 22.0. The molecule has 1 fully saturated rings. The predicted octanol–water partition coefficient (Wildman–Crippen LogP) is 7.44. The summed E-state index contributed by atoms with van der Waals surface area (Å²) >= 11 is 19.9. The smallest absolute Gasteiger partial charge is 0.243 e. The highest BCUT2D eigenvalue weighted by Crippen LogP contribution is 2.26. The first kappa shape index (κ1) is 27.8. The zero-order chi connectivity index (χ0) is 26.2. The molecule has 8 heteroatoms. The van der Waals surface area contributed by atoms with E-state index in [4.69, 9.17) is 34.8 Å². The molecule has 37 heavy (non-hydrogen) atoms. The number of hydrogen-bond acceptors (Lipinski definition) is 3. The number of nitrogens with one attached hydrogen (secondary N) is 1. The molecule has 0 spiro atoms. The van der Waals surface area contributed by atoms with Gasteiger partial charge in [-0.05, 0) is 60.4 Å². The summed E-state index contributed by atoms with van der Waals surface area (Å²) in [7, 11) is 0. The molecule has 194 valence electrons. The van der Waals surface area contributed by atoms with Crippen LogP contribution in [0.25, 0.3) is 0 Å². The normalized spacial score (nSPS) is 14.4. The molecular weight excluding hydrogens is 547 g/mol. The zero-order valence-electron chi connectivity index (χ0n) is 20.3. The maximum Gasteiger partial charge on any atom is 0.243 e. The second-order valence-electron chi connectivity index (χ2n) is 9.21. The topological polar surface area (TPSA) is 49.4 Å². The number of hydrogen-bond donors (Lipinski definition) is 1. The fourth-order valence-electron chi connectivity index (χ4n) is 4.51. The van der Waals surface area contributed by atoms with Crippen LogP contribution in [0.1, 0.15) is 36.8 Å². The average molecular weight is 576 g/mol. The highest BCUT2D eigenvalue weighted by Gasteiger charge is 2.32. The number of halogens is 3. The van der Waals surface area contributed by atoms with Crippen molar-refractivity contribution in [1.82, 2.24) is 10.2 Å². The lowest BCUT2D eigenvalue weighted by atomic mass is 10.0. The Balaban J connectivity index is 1.62. The summed E-state index contributed by atoms with van der Waals surface area (Å²) in [5.41, 5.74) is 1.80. The van der Waals surface area contributed by atoms with Crippen molar-refractivity contribution in [3.63, 3.8) is 0 Å². The quantitative estimate of drug-likeness (QED) is 0.256. The average Bonchev–Trinajstić information content (AvgIpc) is 3.41. The number of nitrogens with zero attached hydrogens (tertiary/aromatic N) is 1. The van der Waals surface area contributed by atoms with Crippen molar-refractivity contribution in [3.05, 3.63) is 99.0 Å². The zero-order valence-corrected chi connectivity index (χ0v) is 23.4. The van der Waals surface area contributed by atoms with E-state index in [1.54, 1.807) is 29.2 Å². The Labute approximate surface area is 237 Å². The Kier molecular flexibility index (Phi) is 10.2. The highest BCUT2D eigenvalue weighted by molar-refractivity contribution is 8.00. The van der Waals surface area contributed by atoms with Crippen molar-refractivity contribution in [3.8, 4) is 0 Å². The van der Waals surface area contributed by atoms with Gasteiger partial charge in [0.05, 0.1) is 15.8 Å². The van der Waals surface area contributed by atoms with Crippen molar-refractivity contribution in [2.75, 3.05) is 5.75 Å². The van der Waals surface area contributed by atoms with E-state index < -0.39 is 6.04 Å². The van der Waals surface area contributed by atoms with Gasteiger partial charge < -0.3 is 10.2 Å². The third-order valence-electron chi connectivity index (χ3n) is 6.49. The molecule has 0 radical (unpaired) electrons. The molecule has 3 aromatic rings. The van der Waals surface area contributed by atoms with Crippen molar-refractivity contribution < 1.29 is 9.59 Å². The Morgan fingerprint density at radius 3 is 2.27 bits per heavy atom. The van der Waals surface area contributed by atoms with Gasteiger partial charge in [-0.1, -0.05) is 84.0 Å². The summed E-state index contributed by atoms with van der Waals surface area (Å²) in [6.45, 7) is 0.243. The molecule has 4 nitrogen and oxygen atoms in total. The van der Waals surface area contributed by atoms with Gasteiger partial charge in [-0.15, -0.1) is 11.8 Å². The van der Waals surface area contributed by atoms with Gasteiger partial charge in [0.2, 0.25) is 11.8 Å².